The Labute approximate surface area is 130 Å². The molecule has 0 N–H and O–H groups in total. The van der Waals surface area contributed by atoms with Gasteiger partial charge in [-0.3, -0.25) is 9.59 Å². The number of aromatic nitrogens is 2. The van der Waals surface area contributed by atoms with Crippen LogP contribution in [-0.2, 0) is 16.1 Å². The van der Waals surface area contributed by atoms with Crippen LogP contribution in [0.15, 0.2) is 23.0 Å². The molecule has 0 aliphatic carbocycles. The topological polar surface area (TPSA) is 70.4 Å². The van der Waals surface area contributed by atoms with Gasteiger partial charge in [-0.1, -0.05) is 13.8 Å². The van der Waals surface area contributed by atoms with Gasteiger partial charge < -0.3 is 9.47 Å². The van der Waals surface area contributed by atoms with E-state index in [1.807, 2.05) is 13.8 Å². The number of hydrogen-bond acceptors (Lipinski definition) is 5. The number of nitrogens with zero attached hydrogens (tertiary/aromatic N) is 2. The van der Waals surface area contributed by atoms with Gasteiger partial charge in [-0.05, 0) is 24.1 Å². The van der Waals surface area contributed by atoms with Gasteiger partial charge in [0.15, 0.2) is 0 Å². The molecular formula is C15H16F2N2O4. The molecule has 0 saturated heterocycles. The highest BCUT2D eigenvalue weighted by molar-refractivity contribution is 5.85. The summed E-state index contributed by atoms with van der Waals surface area (Å²) in [5, 5.41) is 4.86. The normalized spacial score (nSPS) is 11.3. The van der Waals surface area contributed by atoms with E-state index >= 15 is 0 Å². The molecular weight excluding hydrogens is 310 g/mol. The van der Waals surface area contributed by atoms with Crippen LogP contribution in [0.2, 0.25) is 0 Å². The molecule has 1 aromatic carbocycles. The largest absolute Gasteiger partial charge is 0.468 e. The monoisotopic (exact) mass is 326 g/mol. The van der Waals surface area contributed by atoms with Gasteiger partial charge in [0, 0.05) is 5.39 Å². The molecule has 0 fully saturated rings. The molecule has 0 spiro atoms. The zero-order chi connectivity index (χ0) is 17.1. The van der Waals surface area contributed by atoms with Crippen molar-refractivity contribution in [3.63, 3.8) is 0 Å². The van der Waals surface area contributed by atoms with Crippen LogP contribution >= 0.6 is 0 Å². The number of benzene rings is 1. The van der Waals surface area contributed by atoms with E-state index in [-0.39, 0.29) is 23.6 Å². The first kappa shape index (κ1) is 16.9. The Hall–Kier alpha value is -2.51. The molecule has 8 heteroatoms. The highest BCUT2D eigenvalue weighted by atomic mass is 19.3. The van der Waals surface area contributed by atoms with Crippen molar-refractivity contribution in [1.82, 2.24) is 9.78 Å². The summed E-state index contributed by atoms with van der Waals surface area (Å²) >= 11 is 0. The Bertz CT molecular complexity index is 787. The van der Waals surface area contributed by atoms with E-state index in [0.717, 1.165) is 4.68 Å². The van der Waals surface area contributed by atoms with Crippen molar-refractivity contribution in [2.45, 2.75) is 32.9 Å². The minimum Gasteiger partial charge on any atom is -0.468 e. The van der Waals surface area contributed by atoms with Crippen molar-refractivity contribution < 1.29 is 23.0 Å². The molecule has 6 nitrogen and oxygen atoms in total. The number of ether oxygens (including phenoxy) is 2. The Morgan fingerprint density at radius 2 is 2.00 bits per heavy atom. The Morgan fingerprint density at radius 1 is 1.30 bits per heavy atom. The maximum atomic E-state index is 12.4. The SMILES string of the molecule is COC(=O)Cn1nc(C(C)C)c2cc(OC(F)F)ccc2c1=O. The fourth-order valence-electron chi connectivity index (χ4n) is 2.19. The quantitative estimate of drug-likeness (QED) is 0.789. The summed E-state index contributed by atoms with van der Waals surface area (Å²) in [6.07, 6.45) is 0. The van der Waals surface area contributed by atoms with Crippen LogP contribution in [0, 0.1) is 0 Å². The first-order chi connectivity index (χ1) is 10.8. The van der Waals surface area contributed by atoms with E-state index in [1.165, 1.54) is 25.3 Å². The number of hydrogen-bond donors (Lipinski definition) is 0. The van der Waals surface area contributed by atoms with Crippen LogP contribution in [0.4, 0.5) is 8.78 Å². The average Bonchev–Trinajstić information content (AvgIpc) is 2.48. The van der Waals surface area contributed by atoms with Gasteiger partial charge in [0.25, 0.3) is 5.56 Å². The van der Waals surface area contributed by atoms with Crippen LogP contribution in [0.25, 0.3) is 10.8 Å². The van der Waals surface area contributed by atoms with Gasteiger partial charge in [-0.25, -0.2) is 4.68 Å². The lowest BCUT2D eigenvalue weighted by Gasteiger charge is -2.13. The molecule has 0 amide bonds. The summed E-state index contributed by atoms with van der Waals surface area (Å²) in [6.45, 7) is 0.410. The molecule has 0 bridgehead atoms. The Kier molecular flexibility index (Phi) is 4.92. The third-order valence-corrected chi connectivity index (χ3v) is 3.24. The van der Waals surface area contributed by atoms with Crippen LogP contribution in [0.5, 0.6) is 5.75 Å². The number of carbonyl (C=O) groups excluding carboxylic acids is 1. The highest BCUT2D eigenvalue weighted by Gasteiger charge is 2.16. The fourth-order valence-corrected chi connectivity index (χ4v) is 2.19. The summed E-state index contributed by atoms with van der Waals surface area (Å²) < 4.78 is 34.6. The van der Waals surface area contributed by atoms with Crippen LogP contribution < -0.4 is 10.3 Å². The maximum Gasteiger partial charge on any atom is 0.387 e. The average molecular weight is 326 g/mol. The standard InChI is InChI=1S/C15H16F2N2O4/c1-8(2)13-11-6-9(23-15(16)17)4-5-10(11)14(21)19(18-13)7-12(20)22-3/h4-6,8,15H,7H2,1-3H3. The van der Waals surface area contributed by atoms with E-state index in [0.29, 0.717) is 11.1 Å². The summed E-state index contributed by atoms with van der Waals surface area (Å²) in [4.78, 5) is 23.8. The first-order valence-electron chi connectivity index (χ1n) is 6.90. The van der Waals surface area contributed by atoms with Crippen molar-refractivity contribution in [1.29, 1.82) is 0 Å². The zero-order valence-corrected chi connectivity index (χ0v) is 12.9. The second-order valence-corrected chi connectivity index (χ2v) is 5.16. The van der Waals surface area contributed by atoms with E-state index in [4.69, 9.17) is 0 Å². The highest BCUT2D eigenvalue weighted by Crippen LogP contribution is 2.26. The second kappa shape index (κ2) is 6.72. The summed E-state index contributed by atoms with van der Waals surface area (Å²) in [7, 11) is 1.21. The van der Waals surface area contributed by atoms with Crippen molar-refractivity contribution in [2.75, 3.05) is 7.11 Å². The molecule has 0 aliphatic rings. The first-order valence-corrected chi connectivity index (χ1v) is 6.90. The summed E-state index contributed by atoms with van der Waals surface area (Å²) in [5.74, 6) is -0.753. The van der Waals surface area contributed by atoms with E-state index in [1.54, 1.807) is 0 Å². The van der Waals surface area contributed by atoms with E-state index in [2.05, 4.69) is 14.6 Å². The maximum absolute atomic E-state index is 12.4. The number of esters is 1. The molecule has 0 aliphatic heterocycles. The second-order valence-electron chi connectivity index (χ2n) is 5.16. The van der Waals surface area contributed by atoms with E-state index < -0.39 is 18.1 Å². The number of halogens is 2. The Morgan fingerprint density at radius 3 is 2.57 bits per heavy atom. The summed E-state index contributed by atoms with van der Waals surface area (Å²) in [6, 6.07) is 4.02. The number of rotatable bonds is 5. The van der Waals surface area contributed by atoms with Gasteiger partial charge in [0.1, 0.15) is 12.3 Å². The molecule has 1 aromatic heterocycles. The van der Waals surface area contributed by atoms with Crippen molar-refractivity contribution in [3.05, 3.63) is 34.2 Å². The van der Waals surface area contributed by atoms with Gasteiger partial charge in [-0.2, -0.15) is 13.9 Å². The molecule has 2 aromatic rings. The van der Waals surface area contributed by atoms with Crippen LogP contribution in [-0.4, -0.2) is 29.5 Å². The molecule has 0 radical (unpaired) electrons. The number of carbonyl (C=O) groups is 1. The molecule has 2 rings (SSSR count). The van der Waals surface area contributed by atoms with Gasteiger partial charge in [0.05, 0.1) is 18.2 Å². The smallest absolute Gasteiger partial charge is 0.387 e. The lowest BCUT2D eigenvalue weighted by Crippen LogP contribution is -2.28. The Balaban J connectivity index is 2.65. The third-order valence-electron chi connectivity index (χ3n) is 3.24. The minimum atomic E-state index is -2.96. The van der Waals surface area contributed by atoms with Crippen molar-refractivity contribution in [2.24, 2.45) is 0 Å². The minimum absolute atomic E-state index is 0.0543. The predicted octanol–water partition coefficient (Wildman–Crippen LogP) is 2.29. The predicted molar refractivity (Wildman–Crippen MR) is 78.7 cm³/mol. The van der Waals surface area contributed by atoms with Crippen LogP contribution in [0.1, 0.15) is 25.5 Å². The third kappa shape index (κ3) is 3.64. The molecule has 1 heterocycles. The number of alkyl halides is 2. The van der Waals surface area contributed by atoms with E-state index in [9.17, 15) is 18.4 Å². The van der Waals surface area contributed by atoms with Crippen molar-refractivity contribution in [3.8, 4) is 5.75 Å². The zero-order valence-electron chi connectivity index (χ0n) is 12.9. The molecule has 23 heavy (non-hydrogen) atoms. The molecule has 0 saturated carbocycles. The van der Waals surface area contributed by atoms with Gasteiger partial charge in [-0.15, -0.1) is 0 Å². The van der Waals surface area contributed by atoms with Crippen LogP contribution in [0.3, 0.4) is 0 Å². The molecule has 0 unspecified atom stereocenters. The lowest BCUT2D eigenvalue weighted by atomic mass is 10.0. The molecule has 124 valence electrons. The fraction of sp³-hybridized carbons (Fsp3) is 0.400. The van der Waals surface area contributed by atoms with Crippen molar-refractivity contribution >= 4 is 16.7 Å². The molecule has 0 atom stereocenters. The van der Waals surface area contributed by atoms with Gasteiger partial charge in [0.2, 0.25) is 0 Å². The summed E-state index contributed by atoms with van der Waals surface area (Å²) in [5.41, 5.74) is 0.00150. The lowest BCUT2D eigenvalue weighted by molar-refractivity contribution is -0.141. The number of fused-ring (bicyclic) bond motifs is 1. The van der Waals surface area contributed by atoms with Gasteiger partial charge >= 0.3 is 12.6 Å². The number of methoxy groups -OCH3 is 1.